The van der Waals surface area contributed by atoms with Gasteiger partial charge in [-0.15, -0.1) is 0 Å². The standard InChI is InChI=1S/C20H27N3O3/c1-14(2)17(15-9-5-3-6-10-15)21-16(24)13-23-18(25)20(22-19(23)26)11-7-4-8-12-20/h3,5-6,9-10,14,17H,4,7-8,11-13H2,1-2H3,(H,21,24)(H,22,26)/t17-/m1/s1. The molecule has 140 valence electrons. The SMILES string of the molecule is CC(C)[C@@H](NC(=O)CN1C(=O)NC2(CCCCC2)C1=O)c1ccccc1. The molecule has 6 heteroatoms. The Labute approximate surface area is 154 Å². The molecule has 4 amide bonds. The second kappa shape index (κ2) is 7.48. The topological polar surface area (TPSA) is 78.5 Å². The average Bonchev–Trinajstić information content (AvgIpc) is 2.85. The van der Waals surface area contributed by atoms with Crippen molar-refractivity contribution in [2.24, 2.45) is 5.92 Å². The Balaban J connectivity index is 1.67. The molecule has 3 rings (SSSR count). The second-order valence-electron chi connectivity index (χ2n) is 7.66. The Morgan fingerprint density at radius 3 is 2.42 bits per heavy atom. The van der Waals surface area contributed by atoms with Crippen molar-refractivity contribution < 1.29 is 14.4 Å². The van der Waals surface area contributed by atoms with Crippen molar-refractivity contribution in [1.82, 2.24) is 15.5 Å². The molecule has 0 aromatic heterocycles. The summed E-state index contributed by atoms with van der Waals surface area (Å²) in [6, 6.07) is 9.12. The lowest BCUT2D eigenvalue weighted by molar-refractivity contribution is -0.136. The van der Waals surface area contributed by atoms with Gasteiger partial charge in [0.25, 0.3) is 5.91 Å². The molecule has 1 saturated carbocycles. The number of nitrogens with one attached hydrogen (secondary N) is 2. The van der Waals surface area contributed by atoms with Crippen LogP contribution in [0.2, 0.25) is 0 Å². The van der Waals surface area contributed by atoms with Crippen LogP contribution in [0.3, 0.4) is 0 Å². The third kappa shape index (κ3) is 3.59. The van der Waals surface area contributed by atoms with Gasteiger partial charge < -0.3 is 10.6 Å². The van der Waals surface area contributed by atoms with Crippen molar-refractivity contribution in [1.29, 1.82) is 0 Å². The summed E-state index contributed by atoms with van der Waals surface area (Å²) in [6.45, 7) is 3.83. The van der Waals surface area contributed by atoms with Gasteiger partial charge in [0.2, 0.25) is 5.91 Å². The molecule has 26 heavy (non-hydrogen) atoms. The van der Waals surface area contributed by atoms with Crippen LogP contribution in [-0.4, -0.2) is 34.8 Å². The van der Waals surface area contributed by atoms with Crippen LogP contribution in [0.5, 0.6) is 0 Å². The molecule has 1 aliphatic heterocycles. The van der Waals surface area contributed by atoms with E-state index in [1.54, 1.807) is 0 Å². The van der Waals surface area contributed by atoms with E-state index in [9.17, 15) is 14.4 Å². The number of hydrogen-bond acceptors (Lipinski definition) is 3. The lowest BCUT2D eigenvalue weighted by Crippen LogP contribution is -2.49. The van der Waals surface area contributed by atoms with Crippen molar-refractivity contribution in [2.75, 3.05) is 6.54 Å². The largest absolute Gasteiger partial charge is 0.347 e. The lowest BCUT2D eigenvalue weighted by Gasteiger charge is -2.30. The number of hydrogen-bond donors (Lipinski definition) is 2. The van der Waals surface area contributed by atoms with Crippen molar-refractivity contribution in [3.63, 3.8) is 0 Å². The van der Waals surface area contributed by atoms with Gasteiger partial charge in [0, 0.05) is 0 Å². The van der Waals surface area contributed by atoms with Crippen molar-refractivity contribution in [3.05, 3.63) is 35.9 Å². The van der Waals surface area contributed by atoms with Gasteiger partial charge in [-0.3, -0.25) is 14.5 Å². The molecule has 2 aliphatic rings. The number of nitrogens with zero attached hydrogens (tertiary/aromatic N) is 1. The second-order valence-corrected chi connectivity index (χ2v) is 7.66. The molecule has 6 nitrogen and oxygen atoms in total. The summed E-state index contributed by atoms with van der Waals surface area (Å²) < 4.78 is 0. The fourth-order valence-corrected chi connectivity index (χ4v) is 3.97. The summed E-state index contributed by atoms with van der Waals surface area (Å²) in [7, 11) is 0. The summed E-state index contributed by atoms with van der Waals surface area (Å²) in [4.78, 5) is 38.7. The molecule has 1 heterocycles. The van der Waals surface area contributed by atoms with Crippen molar-refractivity contribution in [3.8, 4) is 0 Å². The highest BCUT2D eigenvalue weighted by Crippen LogP contribution is 2.33. The van der Waals surface area contributed by atoms with Crippen LogP contribution in [0.25, 0.3) is 0 Å². The van der Waals surface area contributed by atoms with Gasteiger partial charge in [-0.25, -0.2) is 4.79 Å². The molecule has 1 spiro atoms. The fraction of sp³-hybridized carbons (Fsp3) is 0.550. The fourth-order valence-electron chi connectivity index (χ4n) is 3.97. The van der Waals surface area contributed by atoms with Gasteiger partial charge in [-0.05, 0) is 24.3 Å². The number of carbonyl (C=O) groups excluding carboxylic acids is 3. The van der Waals surface area contributed by atoms with Crippen molar-refractivity contribution >= 4 is 17.8 Å². The number of amides is 4. The zero-order chi connectivity index (χ0) is 18.7. The third-order valence-electron chi connectivity index (χ3n) is 5.40. The summed E-state index contributed by atoms with van der Waals surface area (Å²) in [5, 5.41) is 5.82. The molecule has 1 aliphatic carbocycles. The minimum absolute atomic E-state index is 0.159. The van der Waals surface area contributed by atoms with E-state index in [0.717, 1.165) is 29.7 Å². The van der Waals surface area contributed by atoms with Crippen LogP contribution in [0.1, 0.15) is 57.6 Å². The van der Waals surface area contributed by atoms with E-state index >= 15 is 0 Å². The molecule has 1 saturated heterocycles. The van der Waals surface area contributed by atoms with Gasteiger partial charge in [-0.1, -0.05) is 63.4 Å². The molecule has 0 radical (unpaired) electrons. The van der Waals surface area contributed by atoms with Gasteiger partial charge >= 0.3 is 6.03 Å². The number of carbonyl (C=O) groups is 3. The van der Waals surface area contributed by atoms with E-state index in [1.807, 2.05) is 44.2 Å². The summed E-state index contributed by atoms with van der Waals surface area (Å²) in [6.07, 6.45) is 4.26. The highest BCUT2D eigenvalue weighted by atomic mass is 16.2. The van der Waals surface area contributed by atoms with Gasteiger partial charge in [-0.2, -0.15) is 0 Å². The first-order valence-electron chi connectivity index (χ1n) is 9.41. The molecular formula is C20H27N3O3. The average molecular weight is 357 g/mol. The van der Waals surface area contributed by atoms with Crippen LogP contribution in [-0.2, 0) is 9.59 Å². The predicted octanol–water partition coefficient (Wildman–Crippen LogP) is 2.75. The Morgan fingerprint density at radius 1 is 1.15 bits per heavy atom. The van der Waals surface area contributed by atoms with E-state index < -0.39 is 11.6 Å². The summed E-state index contributed by atoms with van der Waals surface area (Å²) in [5.41, 5.74) is 0.226. The molecular weight excluding hydrogens is 330 g/mol. The van der Waals surface area contributed by atoms with Crippen LogP contribution in [0.4, 0.5) is 4.79 Å². The van der Waals surface area contributed by atoms with Crippen molar-refractivity contribution in [2.45, 2.75) is 57.5 Å². The molecule has 1 aromatic rings. The molecule has 2 N–H and O–H groups in total. The maximum atomic E-state index is 12.8. The van der Waals surface area contributed by atoms with Crippen LogP contribution in [0.15, 0.2) is 30.3 Å². The number of benzene rings is 1. The number of rotatable bonds is 5. The van der Waals surface area contributed by atoms with Gasteiger partial charge in [0.1, 0.15) is 12.1 Å². The predicted molar refractivity (Wildman–Crippen MR) is 98.2 cm³/mol. The molecule has 0 bridgehead atoms. The maximum absolute atomic E-state index is 12.8. The van der Waals surface area contributed by atoms with Gasteiger partial charge in [0.15, 0.2) is 0 Å². The first-order valence-corrected chi connectivity index (χ1v) is 9.41. The van der Waals surface area contributed by atoms with E-state index in [1.165, 1.54) is 0 Å². The lowest BCUT2D eigenvalue weighted by atomic mass is 9.82. The Bertz CT molecular complexity index is 681. The molecule has 1 aromatic carbocycles. The minimum atomic E-state index is -0.785. The van der Waals surface area contributed by atoms with E-state index in [2.05, 4.69) is 10.6 Å². The highest BCUT2D eigenvalue weighted by Gasteiger charge is 2.51. The Morgan fingerprint density at radius 2 is 1.81 bits per heavy atom. The number of urea groups is 1. The monoisotopic (exact) mass is 357 g/mol. The summed E-state index contributed by atoms with van der Waals surface area (Å²) >= 11 is 0. The smallest absolute Gasteiger partial charge is 0.325 e. The van der Waals surface area contributed by atoms with E-state index in [0.29, 0.717) is 12.8 Å². The zero-order valence-corrected chi connectivity index (χ0v) is 15.5. The first-order chi connectivity index (χ1) is 12.4. The molecule has 2 fully saturated rings. The quantitative estimate of drug-likeness (QED) is 0.796. The highest BCUT2D eigenvalue weighted by molar-refractivity contribution is 6.09. The van der Waals surface area contributed by atoms with Crippen LogP contribution in [0, 0.1) is 5.92 Å². The third-order valence-corrected chi connectivity index (χ3v) is 5.40. The normalized spacial score (nSPS) is 20.3. The van der Waals surface area contributed by atoms with Gasteiger partial charge in [0.05, 0.1) is 6.04 Å². The van der Waals surface area contributed by atoms with E-state index in [4.69, 9.17) is 0 Å². The maximum Gasteiger partial charge on any atom is 0.325 e. The molecule has 1 atom stereocenters. The number of imide groups is 1. The van der Waals surface area contributed by atoms with E-state index in [-0.39, 0.29) is 30.3 Å². The Kier molecular flexibility index (Phi) is 5.30. The Hall–Kier alpha value is -2.37. The zero-order valence-electron chi connectivity index (χ0n) is 15.5. The minimum Gasteiger partial charge on any atom is -0.347 e. The van der Waals surface area contributed by atoms with Crippen LogP contribution >= 0.6 is 0 Å². The first kappa shape index (κ1) is 18.4. The summed E-state index contributed by atoms with van der Waals surface area (Å²) in [5.74, 6) is -0.379. The van der Waals surface area contributed by atoms with Crippen LogP contribution < -0.4 is 10.6 Å². The molecule has 0 unspecified atom stereocenters.